The number of benzene rings is 1. The second-order valence-electron chi connectivity index (χ2n) is 6.47. The fourth-order valence-electron chi connectivity index (χ4n) is 3.16. The highest BCUT2D eigenvalue weighted by molar-refractivity contribution is 5.92. The van der Waals surface area contributed by atoms with E-state index < -0.39 is 5.97 Å². The number of nitrogens with one attached hydrogen (secondary N) is 2. The molecular weight excluding hydrogens is 360 g/mol. The molecule has 3 aromatic rings. The summed E-state index contributed by atoms with van der Waals surface area (Å²) in [5.74, 6) is -0.251. The van der Waals surface area contributed by atoms with Crippen molar-refractivity contribution in [1.29, 1.82) is 0 Å². The van der Waals surface area contributed by atoms with Crippen LogP contribution in [0.1, 0.15) is 26.5 Å². The van der Waals surface area contributed by atoms with Gasteiger partial charge in [-0.15, -0.1) is 0 Å². The number of likely N-dealkylation sites (N-methyl/N-ethyl adjacent to an activating group) is 1. The molecule has 0 radical (unpaired) electrons. The van der Waals surface area contributed by atoms with Crippen LogP contribution in [0.3, 0.4) is 0 Å². The number of rotatable bonds is 4. The molecular formula is C19H18N6O3. The third-order valence-corrected chi connectivity index (χ3v) is 4.67. The average molecular weight is 378 g/mol. The number of carbonyl (C=O) groups is 2. The first-order chi connectivity index (χ1) is 13.4. The van der Waals surface area contributed by atoms with Gasteiger partial charge in [0.1, 0.15) is 18.3 Å². The Morgan fingerprint density at radius 1 is 1.25 bits per heavy atom. The van der Waals surface area contributed by atoms with E-state index >= 15 is 0 Å². The van der Waals surface area contributed by atoms with Crippen LogP contribution in [0.15, 0.2) is 42.7 Å². The van der Waals surface area contributed by atoms with Gasteiger partial charge in [-0.1, -0.05) is 18.2 Å². The minimum Gasteiger partial charge on any atom is -0.478 e. The zero-order valence-electron chi connectivity index (χ0n) is 15.2. The van der Waals surface area contributed by atoms with Crippen LogP contribution in [-0.4, -0.2) is 49.9 Å². The average Bonchev–Trinajstić information content (AvgIpc) is 3.31. The molecule has 1 amide bonds. The van der Waals surface area contributed by atoms with E-state index in [9.17, 15) is 14.7 Å². The number of aromatic carboxylic acids is 1. The Hall–Kier alpha value is -3.88. The van der Waals surface area contributed by atoms with Gasteiger partial charge in [-0.2, -0.15) is 5.10 Å². The zero-order valence-corrected chi connectivity index (χ0v) is 15.2. The summed E-state index contributed by atoms with van der Waals surface area (Å²) in [5, 5.41) is 16.0. The lowest BCUT2D eigenvalue weighted by molar-refractivity contribution is 0.0696. The summed E-state index contributed by atoms with van der Waals surface area (Å²) < 4.78 is 1.41. The van der Waals surface area contributed by atoms with E-state index in [4.69, 9.17) is 0 Å². The lowest BCUT2D eigenvalue weighted by Crippen LogP contribution is -2.47. The summed E-state index contributed by atoms with van der Waals surface area (Å²) in [4.78, 5) is 32.8. The minimum absolute atomic E-state index is 0.225. The van der Waals surface area contributed by atoms with Crippen LogP contribution in [0.4, 0.5) is 5.82 Å². The summed E-state index contributed by atoms with van der Waals surface area (Å²) in [6.07, 6.45) is 4.75. The Kier molecular flexibility index (Phi) is 4.19. The molecule has 0 saturated carbocycles. The van der Waals surface area contributed by atoms with Crippen LogP contribution in [0.5, 0.6) is 0 Å². The normalized spacial score (nSPS) is 15.4. The number of anilines is 1. The van der Waals surface area contributed by atoms with Crippen LogP contribution in [-0.2, 0) is 7.05 Å². The van der Waals surface area contributed by atoms with Gasteiger partial charge in [-0.25, -0.2) is 14.5 Å². The van der Waals surface area contributed by atoms with Gasteiger partial charge < -0.3 is 20.3 Å². The SMILES string of the molecule is CN1c2[nH]c(-c3cccc(C(=O)O)c3)cc2C=CC1NC(=O)c1ncnn1C. The van der Waals surface area contributed by atoms with Gasteiger partial charge in [0, 0.05) is 25.4 Å². The number of hydrogen-bond donors (Lipinski definition) is 3. The summed E-state index contributed by atoms with van der Waals surface area (Å²) >= 11 is 0. The number of carboxylic acids is 1. The number of amides is 1. The van der Waals surface area contributed by atoms with Crippen molar-refractivity contribution >= 4 is 23.8 Å². The van der Waals surface area contributed by atoms with Gasteiger partial charge in [-0.3, -0.25) is 4.79 Å². The first-order valence-electron chi connectivity index (χ1n) is 8.56. The fourth-order valence-corrected chi connectivity index (χ4v) is 3.16. The Balaban J connectivity index is 1.58. The quantitative estimate of drug-likeness (QED) is 0.637. The zero-order chi connectivity index (χ0) is 19.8. The third kappa shape index (κ3) is 3.02. The number of aryl methyl sites for hydroxylation is 1. The lowest BCUT2D eigenvalue weighted by Gasteiger charge is -2.30. The maximum Gasteiger partial charge on any atom is 0.335 e. The molecule has 2 aromatic heterocycles. The summed E-state index contributed by atoms with van der Waals surface area (Å²) in [7, 11) is 3.51. The highest BCUT2D eigenvalue weighted by Crippen LogP contribution is 2.32. The number of nitrogens with zero attached hydrogens (tertiary/aromatic N) is 4. The monoisotopic (exact) mass is 378 g/mol. The maximum atomic E-state index is 12.4. The van der Waals surface area contributed by atoms with Crippen molar-refractivity contribution in [2.45, 2.75) is 6.17 Å². The highest BCUT2D eigenvalue weighted by Gasteiger charge is 2.25. The van der Waals surface area contributed by atoms with Crippen molar-refractivity contribution in [3.63, 3.8) is 0 Å². The van der Waals surface area contributed by atoms with Gasteiger partial charge >= 0.3 is 5.97 Å². The minimum atomic E-state index is -0.971. The van der Waals surface area contributed by atoms with Crippen LogP contribution in [0.25, 0.3) is 17.3 Å². The van der Waals surface area contributed by atoms with Crippen LogP contribution >= 0.6 is 0 Å². The largest absolute Gasteiger partial charge is 0.478 e. The van der Waals surface area contributed by atoms with E-state index in [0.717, 1.165) is 22.6 Å². The van der Waals surface area contributed by atoms with E-state index in [1.54, 1.807) is 25.2 Å². The third-order valence-electron chi connectivity index (χ3n) is 4.67. The molecule has 3 N–H and O–H groups in total. The van der Waals surface area contributed by atoms with Crippen molar-refractivity contribution in [2.24, 2.45) is 7.05 Å². The highest BCUT2D eigenvalue weighted by atomic mass is 16.4. The van der Waals surface area contributed by atoms with Crippen molar-refractivity contribution < 1.29 is 14.7 Å². The molecule has 0 spiro atoms. The van der Waals surface area contributed by atoms with Crippen molar-refractivity contribution in [3.8, 4) is 11.3 Å². The molecule has 0 saturated heterocycles. The number of aromatic nitrogens is 4. The molecule has 28 heavy (non-hydrogen) atoms. The van der Waals surface area contributed by atoms with Crippen LogP contribution in [0.2, 0.25) is 0 Å². The smallest absolute Gasteiger partial charge is 0.335 e. The van der Waals surface area contributed by atoms with E-state index in [-0.39, 0.29) is 23.5 Å². The molecule has 0 bridgehead atoms. The number of aromatic amines is 1. The van der Waals surface area contributed by atoms with E-state index in [0.29, 0.717) is 0 Å². The van der Waals surface area contributed by atoms with Crippen molar-refractivity contribution in [3.05, 3.63) is 59.7 Å². The lowest BCUT2D eigenvalue weighted by atomic mass is 10.1. The van der Waals surface area contributed by atoms with E-state index in [2.05, 4.69) is 20.4 Å². The Bertz CT molecular complexity index is 1100. The molecule has 1 atom stereocenters. The predicted octanol–water partition coefficient (Wildman–Crippen LogP) is 1.73. The van der Waals surface area contributed by atoms with Crippen LogP contribution in [0, 0.1) is 0 Å². The maximum absolute atomic E-state index is 12.4. The van der Waals surface area contributed by atoms with Crippen molar-refractivity contribution in [1.82, 2.24) is 25.1 Å². The molecule has 9 heteroatoms. The Labute approximate surface area is 160 Å². The first-order valence-corrected chi connectivity index (χ1v) is 8.56. The molecule has 4 rings (SSSR count). The van der Waals surface area contributed by atoms with Gasteiger partial charge in [-0.05, 0) is 29.8 Å². The molecule has 1 unspecified atom stereocenters. The molecule has 0 aliphatic carbocycles. The second-order valence-corrected chi connectivity index (χ2v) is 6.47. The number of carbonyl (C=O) groups excluding carboxylic acids is 1. The number of fused-ring (bicyclic) bond motifs is 1. The summed E-state index contributed by atoms with van der Waals surface area (Å²) in [5.41, 5.74) is 2.74. The number of carboxylic acid groups (broad SMARTS) is 1. The molecule has 1 aliphatic rings. The van der Waals surface area contributed by atoms with Crippen LogP contribution < -0.4 is 10.2 Å². The van der Waals surface area contributed by atoms with Gasteiger partial charge in [0.15, 0.2) is 0 Å². The molecule has 3 heterocycles. The van der Waals surface area contributed by atoms with Crippen molar-refractivity contribution in [2.75, 3.05) is 11.9 Å². The summed E-state index contributed by atoms with van der Waals surface area (Å²) in [6, 6.07) is 8.68. The van der Waals surface area contributed by atoms with Gasteiger partial charge in [0.05, 0.1) is 5.56 Å². The predicted molar refractivity (Wildman–Crippen MR) is 103 cm³/mol. The first kappa shape index (κ1) is 17.5. The van der Waals surface area contributed by atoms with Gasteiger partial charge in [0.25, 0.3) is 5.91 Å². The summed E-state index contributed by atoms with van der Waals surface area (Å²) in [6.45, 7) is 0. The van der Waals surface area contributed by atoms with Gasteiger partial charge in [0.2, 0.25) is 5.82 Å². The standard InChI is InChI=1S/C19H18N6O3/c1-24-15(23-18(26)17-20-10-21-25(17)2)7-6-12-9-14(22-16(12)24)11-4-3-5-13(8-11)19(27)28/h3-10,15,22H,1-2H3,(H,23,26)(H,27,28). The Morgan fingerprint density at radius 3 is 2.79 bits per heavy atom. The molecule has 9 nitrogen and oxygen atoms in total. The van der Waals surface area contributed by atoms with E-state index in [1.807, 2.05) is 36.2 Å². The molecule has 1 aromatic carbocycles. The Morgan fingerprint density at radius 2 is 2.07 bits per heavy atom. The molecule has 1 aliphatic heterocycles. The topological polar surface area (TPSA) is 116 Å². The van der Waals surface area contributed by atoms with E-state index in [1.165, 1.54) is 11.0 Å². The molecule has 142 valence electrons. The fraction of sp³-hybridized carbons (Fsp3) is 0.158. The number of hydrogen-bond acceptors (Lipinski definition) is 5. The number of H-pyrrole nitrogens is 1. The molecule has 0 fully saturated rings. The second kappa shape index (κ2) is 6.69.